The van der Waals surface area contributed by atoms with Gasteiger partial charge in [-0.2, -0.15) is 0 Å². The Balaban J connectivity index is 1.38. The van der Waals surface area contributed by atoms with Gasteiger partial charge >= 0.3 is 5.97 Å². The van der Waals surface area contributed by atoms with Gasteiger partial charge in [0.15, 0.2) is 11.6 Å². The first-order chi connectivity index (χ1) is 17.7. The van der Waals surface area contributed by atoms with Crippen LogP contribution in [0.15, 0.2) is 89.1 Å². The number of aryl methyl sites for hydroxylation is 1. The van der Waals surface area contributed by atoms with E-state index in [-0.39, 0.29) is 17.0 Å². The number of carbonyl (C=O) groups is 3. The number of allylic oxidation sites excluding steroid dienone is 2. The lowest BCUT2D eigenvalue weighted by Gasteiger charge is -2.38. The summed E-state index contributed by atoms with van der Waals surface area (Å²) in [5, 5.41) is 0. The van der Waals surface area contributed by atoms with Gasteiger partial charge in [-0.25, -0.2) is 4.79 Å². The molecule has 2 aliphatic carbocycles. The number of hydrogen-bond donors (Lipinski definition) is 0. The van der Waals surface area contributed by atoms with Crippen molar-refractivity contribution in [2.45, 2.75) is 39.5 Å². The van der Waals surface area contributed by atoms with Crippen molar-refractivity contribution >= 4 is 23.2 Å². The SMILES string of the molecule is Cc1ccc(C(=O)Oc2ccc([C@@H]3C4=C(CC(C)(C)CC4=O)N=C4c5ccccc5C(=O)[C@H]43)cc2)cc1. The van der Waals surface area contributed by atoms with Crippen molar-refractivity contribution in [1.29, 1.82) is 0 Å². The molecule has 184 valence electrons. The van der Waals surface area contributed by atoms with Gasteiger partial charge in [-0.3, -0.25) is 14.6 Å². The minimum atomic E-state index is -0.540. The molecule has 5 heteroatoms. The third kappa shape index (κ3) is 3.95. The van der Waals surface area contributed by atoms with Crippen LogP contribution < -0.4 is 4.74 Å². The number of ketones is 2. The molecule has 5 nitrogen and oxygen atoms in total. The van der Waals surface area contributed by atoms with Gasteiger partial charge < -0.3 is 4.74 Å². The van der Waals surface area contributed by atoms with Crippen molar-refractivity contribution in [3.05, 3.63) is 112 Å². The van der Waals surface area contributed by atoms with Crippen LogP contribution in [-0.2, 0) is 4.79 Å². The first-order valence-corrected chi connectivity index (χ1v) is 12.6. The van der Waals surface area contributed by atoms with Crippen molar-refractivity contribution in [2.24, 2.45) is 16.3 Å². The molecule has 2 atom stereocenters. The van der Waals surface area contributed by atoms with E-state index in [0.29, 0.717) is 35.3 Å². The number of hydrogen-bond acceptors (Lipinski definition) is 5. The highest BCUT2D eigenvalue weighted by atomic mass is 16.5. The molecule has 0 unspecified atom stereocenters. The largest absolute Gasteiger partial charge is 0.423 e. The molecule has 1 aliphatic heterocycles. The summed E-state index contributed by atoms with van der Waals surface area (Å²) in [5.74, 6) is -0.937. The van der Waals surface area contributed by atoms with E-state index in [1.165, 1.54) is 0 Å². The highest BCUT2D eigenvalue weighted by Gasteiger charge is 2.50. The van der Waals surface area contributed by atoms with Crippen LogP contribution in [0.5, 0.6) is 5.75 Å². The third-order valence-corrected chi connectivity index (χ3v) is 7.58. The van der Waals surface area contributed by atoms with E-state index in [9.17, 15) is 14.4 Å². The Morgan fingerprint density at radius 3 is 2.24 bits per heavy atom. The van der Waals surface area contributed by atoms with Gasteiger partial charge in [0.2, 0.25) is 0 Å². The Bertz CT molecular complexity index is 1520. The van der Waals surface area contributed by atoms with Crippen LogP contribution in [-0.4, -0.2) is 23.2 Å². The van der Waals surface area contributed by atoms with Crippen LogP contribution in [0.1, 0.15) is 70.0 Å². The summed E-state index contributed by atoms with van der Waals surface area (Å²) in [6, 6.07) is 22.0. The number of carbonyl (C=O) groups excluding carboxylic acids is 3. The molecule has 0 radical (unpaired) electrons. The summed E-state index contributed by atoms with van der Waals surface area (Å²) in [6.07, 6.45) is 1.11. The van der Waals surface area contributed by atoms with Crippen molar-refractivity contribution in [1.82, 2.24) is 0 Å². The Morgan fingerprint density at radius 1 is 0.865 bits per heavy atom. The summed E-state index contributed by atoms with van der Waals surface area (Å²) in [7, 11) is 0. The molecule has 0 aromatic heterocycles. The van der Waals surface area contributed by atoms with Crippen LogP contribution in [0.3, 0.4) is 0 Å². The molecule has 3 aromatic carbocycles. The Kier molecular flexibility index (Phi) is 5.34. The number of aliphatic imine (C=N–C) groups is 1. The number of Topliss-reactive ketones (excluding diaryl/α,β-unsaturated/α-hetero) is 2. The first kappa shape index (κ1) is 23.3. The maximum Gasteiger partial charge on any atom is 0.343 e. The van der Waals surface area contributed by atoms with Gasteiger partial charge in [0.1, 0.15) is 5.75 Å². The highest BCUT2D eigenvalue weighted by Crippen LogP contribution is 2.51. The summed E-state index contributed by atoms with van der Waals surface area (Å²) in [5.41, 5.74) is 5.90. The monoisotopic (exact) mass is 489 g/mol. The summed E-state index contributed by atoms with van der Waals surface area (Å²) in [4.78, 5) is 44.7. The number of nitrogens with zero attached hydrogens (tertiary/aromatic N) is 1. The van der Waals surface area contributed by atoms with E-state index in [1.807, 2.05) is 55.5 Å². The van der Waals surface area contributed by atoms with Crippen molar-refractivity contribution in [2.75, 3.05) is 0 Å². The predicted molar refractivity (Wildman–Crippen MR) is 141 cm³/mol. The van der Waals surface area contributed by atoms with Gasteiger partial charge in [-0.05, 0) is 48.6 Å². The van der Waals surface area contributed by atoms with Gasteiger partial charge in [-0.1, -0.05) is 67.9 Å². The molecule has 6 rings (SSSR count). The summed E-state index contributed by atoms with van der Waals surface area (Å²) >= 11 is 0. The maximum absolute atomic E-state index is 13.6. The number of esters is 1. The number of benzene rings is 3. The molecular weight excluding hydrogens is 462 g/mol. The Morgan fingerprint density at radius 2 is 1.54 bits per heavy atom. The zero-order chi connectivity index (χ0) is 25.9. The molecule has 0 saturated carbocycles. The second-order valence-corrected chi connectivity index (χ2v) is 11.0. The van der Waals surface area contributed by atoms with E-state index in [0.717, 1.165) is 28.1 Å². The van der Waals surface area contributed by atoms with Crippen LogP contribution in [0.25, 0.3) is 0 Å². The van der Waals surface area contributed by atoms with E-state index in [2.05, 4.69) is 13.8 Å². The highest BCUT2D eigenvalue weighted by molar-refractivity contribution is 6.30. The molecule has 3 aromatic rings. The zero-order valence-corrected chi connectivity index (χ0v) is 21.1. The smallest absolute Gasteiger partial charge is 0.343 e. The van der Waals surface area contributed by atoms with E-state index >= 15 is 0 Å². The minimum Gasteiger partial charge on any atom is -0.423 e. The van der Waals surface area contributed by atoms with Crippen LogP contribution in [0.4, 0.5) is 0 Å². The quantitative estimate of drug-likeness (QED) is 0.322. The Labute approximate surface area is 215 Å². The lowest BCUT2D eigenvalue weighted by atomic mass is 9.66. The molecule has 1 heterocycles. The molecule has 0 amide bonds. The molecule has 0 spiro atoms. The van der Waals surface area contributed by atoms with Gasteiger partial charge in [-0.15, -0.1) is 0 Å². The molecule has 0 N–H and O–H groups in total. The average Bonchev–Trinajstić information content (AvgIpc) is 3.15. The van der Waals surface area contributed by atoms with E-state index < -0.39 is 17.8 Å². The topological polar surface area (TPSA) is 72.8 Å². The van der Waals surface area contributed by atoms with Crippen LogP contribution in [0.2, 0.25) is 0 Å². The lowest BCUT2D eigenvalue weighted by molar-refractivity contribution is -0.118. The second kappa shape index (κ2) is 8.48. The fraction of sp³-hybridized carbons (Fsp3) is 0.250. The molecule has 0 saturated heterocycles. The fourth-order valence-corrected chi connectivity index (χ4v) is 5.84. The van der Waals surface area contributed by atoms with Gasteiger partial charge in [0.05, 0.1) is 17.2 Å². The maximum atomic E-state index is 13.6. The normalized spacial score (nSPS) is 21.6. The molecular formula is C32H27NO4. The number of fused-ring (bicyclic) bond motifs is 3. The number of ether oxygens (including phenoxy) is 1. The summed E-state index contributed by atoms with van der Waals surface area (Å²) < 4.78 is 5.59. The van der Waals surface area contributed by atoms with E-state index in [4.69, 9.17) is 9.73 Å². The second-order valence-electron chi connectivity index (χ2n) is 11.0. The van der Waals surface area contributed by atoms with Gasteiger partial charge in [0, 0.05) is 34.7 Å². The first-order valence-electron chi connectivity index (χ1n) is 12.6. The lowest BCUT2D eigenvalue weighted by Crippen LogP contribution is -2.37. The minimum absolute atomic E-state index is 0.00147. The van der Waals surface area contributed by atoms with Crippen LogP contribution >= 0.6 is 0 Å². The molecule has 0 fully saturated rings. The van der Waals surface area contributed by atoms with Crippen molar-refractivity contribution < 1.29 is 19.1 Å². The number of rotatable bonds is 3. The summed E-state index contributed by atoms with van der Waals surface area (Å²) in [6.45, 7) is 6.13. The van der Waals surface area contributed by atoms with Crippen molar-refractivity contribution in [3.63, 3.8) is 0 Å². The Hall–Kier alpha value is -4.12. The van der Waals surface area contributed by atoms with Gasteiger partial charge in [0.25, 0.3) is 0 Å². The van der Waals surface area contributed by atoms with Crippen molar-refractivity contribution in [3.8, 4) is 5.75 Å². The zero-order valence-electron chi connectivity index (χ0n) is 21.1. The molecule has 37 heavy (non-hydrogen) atoms. The molecule has 0 bridgehead atoms. The third-order valence-electron chi connectivity index (χ3n) is 7.58. The predicted octanol–water partition coefficient (Wildman–Crippen LogP) is 6.26. The standard InChI is InChI=1S/C32H27NO4/c1-18-8-10-20(11-9-18)31(36)37-21-14-12-19(13-15-21)26-27-24(16-32(2,3)17-25(27)34)33-29-22-6-4-5-7-23(22)30(35)28(26)29/h4-15,26,28H,16-17H2,1-3H3/t26-,28+/m1/s1. The fourth-order valence-electron chi connectivity index (χ4n) is 5.84. The van der Waals surface area contributed by atoms with E-state index in [1.54, 1.807) is 24.3 Å². The van der Waals surface area contributed by atoms with Crippen LogP contribution in [0, 0.1) is 18.3 Å². The molecule has 3 aliphatic rings. The average molecular weight is 490 g/mol.